The normalized spacial score (nSPS) is 42.8. The molecule has 494 valence electrons. The maximum absolute atomic E-state index is 12.7. The Morgan fingerprint density at radius 3 is 1.23 bits per heavy atom. The first-order valence-corrected chi connectivity index (χ1v) is 36.7. The molecule has 0 unspecified atom stereocenters. The monoisotopic (exact) mass is 1220 g/mol. The predicted octanol–water partition coefficient (Wildman–Crippen LogP) is 20.9. The van der Waals surface area contributed by atoms with E-state index in [0.717, 1.165) is 48.5 Å². The van der Waals surface area contributed by atoms with Crippen molar-refractivity contribution in [2.75, 3.05) is 26.2 Å². The first-order valence-electron chi connectivity index (χ1n) is 36.7. The number of carbonyl (C=O) groups is 2. The average molecular weight is 1230 g/mol. The Labute approximate surface area is 548 Å². The van der Waals surface area contributed by atoms with Gasteiger partial charge in [-0.1, -0.05) is 130 Å². The lowest BCUT2D eigenvalue weighted by atomic mass is 9.32. The van der Waals surface area contributed by atoms with Gasteiger partial charge in [-0.2, -0.15) is 0 Å². The van der Waals surface area contributed by atoms with Crippen LogP contribution in [-0.2, 0) is 9.47 Å². The smallest absolute Gasteiger partial charge is 0.338 e. The number of esters is 2. The first-order chi connectivity index (χ1) is 41.9. The van der Waals surface area contributed by atoms with Gasteiger partial charge in [0.2, 0.25) is 0 Å². The molecular weight excluding hydrogens is 1100 g/mol. The number of hydrogen-bond donors (Lipinski definition) is 1. The summed E-state index contributed by atoms with van der Waals surface area (Å²) in [4.78, 5) is 28.2. The third-order valence-electron chi connectivity index (χ3n) is 30.8. The highest BCUT2D eigenvalue weighted by Gasteiger charge is 2.73. The van der Waals surface area contributed by atoms with Crippen LogP contribution in [0.5, 0.6) is 0 Å². The standard InChI is InChI=1S/C43H63NO2.C41H61NO2/c1-28(2)31-17-22-43(27-44-25-26-44)24-23-41(9)33(36(31)43)15-16-35-40(8)20-18-32(39(6,7)34(40)19-21-42(35,41)10)29-11-13-30(14-12-29)37(45)46-38(3,4)5;1-26(2)29-17-22-41(25-42)24-23-39(9)31(34(29)41)15-16-33-38(8)20-18-30(37(6,7)32(38)19-21-40(33,39)10)27-11-13-28(14-12-27)35(43)44-36(3,4)5/h11-14,18,31,33-36H,1,15-17,19-27H2,2-10H3;11-14,18,29,31-34H,1,15-17,19-25,42H2,2-10H3/t31-,33+,34-,35+,36+,40-,41+,42+,43+;29-,31+,32-,33+,34+,38-,39+,40+,41+/m00/s1. The fourth-order valence-electron chi connectivity index (χ4n) is 26.3. The van der Waals surface area contributed by atoms with Crippen LogP contribution in [0.4, 0.5) is 0 Å². The zero-order valence-corrected chi connectivity index (χ0v) is 60.2. The fourth-order valence-corrected chi connectivity index (χ4v) is 26.3. The second-order valence-electron chi connectivity index (χ2n) is 37.8. The number of ether oxygens (including phenoxy) is 2. The maximum atomic E-state index is 12.7. The van der Waals surface area contributed by atoms with Crippen LogP contribution < -0.4 is 5.73 Å². The van der Waals surface area contributed by atoms with E-state index in [1.165, 1.54) is 162 Å². The minimum absolute atomic E-state index is 0.0668. The molecule has 1 aliphatic heterocycles. The Hall–Kier alpha value is -3.74. The van der Waals surface area contributed by atoms with Crippen LogP contribution in [0, 0.1) is 113 Å². The number of benzene rings is 2. The number of nitrogens with two attached hydrogens (primary N) is 1. The van der Waals surface area contributed by atoms with E-state index in [1.807, 2.05) is 65.8 Å². The largest absolute Gasteiger partial charge is 0.456 e. The molecule has 1 heterocycles. The summed E-state index contributed by atoms with van der Waals surface area (Å²) < 4.78 is 11.3. The predicted molar refractivity (Wildman–Crippen MR) is 373 cm³/mol. The minimum atomic E-state index is -0.492. The number of nitrogens with zero attached hydrogens (tertiary/aromatic N) is 1. The van der Waals surface area contributed by atoms with E-state index in [2.05, 4.69) is 138 Å². The van der Waals surface area contributed by atoms with Gasteiger partial charge in [-0.15, -0.1) is 0 Å². The number of rotatable bonds is 9. The summed E-state index contributed by atoms with van der Waals surface area (Å²) >= 11 is 0. The van der Waals surface area contributed by atoms with E-state index >= 15 is 0 Å². The molecule has 11 aliphatic rings. The molecule has 8 saturated carbocycles. The lowest BCUT2D eigenvalue weighted by Gasteiger charge is -2.72. The van der Waals surface area contributed by atoms with Crippen LogP contribution in [-0.4, -0.2) is 54.2 Å². The van der Waals surface area contributed by atoms with Crippen molar-refractivity contribution >= 4 is 23.1 Å². The number of hydrogen-bond acceptors (Lipinski definition) is 6. The molecule has 0 radical (unpaired) electrons. The molecule has 6 nitrogen and oxygen atoms in total. The van der Waals surface area contributed by atoms with Crippen molar-refractivity contribution in [3.8, 4) is 0 Å². The highest BCUT2D eigenvalue weighted by Crippen LogP contribution is 2.80. The summed E-state index contributed by atoms with van der Waals surface area (Å²) in [6.45, 7) is 56.6. The maximum Gasteiger partial charge on any atom is 0.338 e. The Bertz CT molecular complexity index is 3200. The second-order valence-corrected chi connectivity index (χ2v) is 37.8. The van der Waals surface area contributed by atoms with E-state index in [1.54, 1.807) is 0 Å². The molecule has 90 heavy (non-hydrogen) atoms. The Balaban J connectivity index is 0.000000175. The van der Waals surface area contributed by atoms with Crippen LogP contribution in [0.1, 0.15) is 272 Å². The minimum Gasteiger partial charge on any atom is -0.456 e. The molecule has 0 aromatic heterocycles. The number of allylic oxidation sites excluding steroid dienone is 6. The second kappa shape index (κ2) is 22.2. The molecule has 1 saturated heterocycles. The van der Waals surface area contributed by atoms with Gasteiger partial charge >= 0.3 is 11.9 Å². The molecule has 9 fully saturated rings. The molecule has 6 heteroatoms. The van der Waals surface area contributed by atoms with Gasteiger partial charge < -0.3 is 20.1 Å². The van der Waals surface area contributed by atoms with Crippen LogP contribution in [0.3, 0.4) is 0 Å². The highest BCUT2D eigenvalue weighted by molar-refractivity contribution is 5.91. The van der Waals surface area contributed by atoms with Crippen molar-refractivity contribution in [1.82, 2.24) is 4.90 Å². The summed E-state index contributed by atoms with van der Waals surface area (Å²) in [5.74, 6) is 6.80. The third-order valence-corrected chi connectivity index (χ3v) is 30.8. The molecule has 0 bridgehead atoms. The van der Waals surface area contributed by atoms with Gasteiger partial charge in [-0.05, 0) is 337 Å². The van der Waals surface area contributed by atoms with E-state index in [0.29, 0.717) is 72.7 Å². The van der Waals surface area contributed by atoms with E-state index in [-0.39, 0.29) is 28.2 Å². The van der Waals surface area contributed by atoms with E-state index < -0.39 is 11.2 Å². The van der Waals surface area contributed by atoms with Gasteiger partial charge in [0.25, 0.3) is 0 Å². The molecular formula is C84H124N2O4. The molecule has 2 aromatic rings. The highest BCUT2D eigenvalue weighted by atomic mass is 16.6. The summed E-state index contributed by atoms with van der Waals surface area (Å²) in [6, 6.07) is 16.5. The van der Waals surface area contributed by atoms with E-state index in [4.69, 9.17) is 15.2 Å². The van der Waals surface area contributed by atoms with Crippen LogP contribution in [0.2, 0.25) is 0 Å². The molecule has 0 spiro atoms. The van der Waals surface area contributed by atoms with Gasteiger partial charge in [0.15, 0.2) is 0 Å². The van der Waals surface area contributed by atoms with Gasteiger partial charge in [0.05, 0.1) is 11.1 Å². The number of fused-ring (bicyclic) bond motifs is 14. The lowest BCUT2D eigenvalue weighted by molar-refractivity contribution is -0.225. The fraction of sp³-hybridized carbons (Fsp3) is 0.738. The molecule has 2 N–H and O–H groups in total. The van der Waals surface area contributed by atoms with Crippen molar-refractivity contribution < 1.29 is 19.1 Å². The van der Waals surface area contributed by atoms with Crippen LogP contribution in [0.15, 0.2) is 85.0 Å². The van der Waals surface area contributed by atoms with Crippen molar-refractivity contribution in [3.05, 3.63) is 107 Å². The van der Waals surface area contributed by atoms with Crippen molar-refractivity contribution in [2.24, 2.45) is 119 Å². The van der Waals surface area contributed by atoms with Crippen molar-refractivity contribution in [1.29, 1.82) is 0 Å². The summed E-state index contributed by atoms with van der Waals surface area (Å²) in [5.41, 5.74) is 18.4. The van der Waals surface area contributed by atoms with E-state index in [9.17, 15) is 9.59 Å². The molecule has 2 aromatic carbocycles. The summed E-state index contributed by atoms with van der Waals surface area (Å²) in [6.07, 6.45) is 29.3. The molecule has 18 atom stereocenters. The Kier molecular flexibility index (Phi) is 16.3. The summed E-state index contributed by atoms with van der Waals surface area (Å²) in [7, 11) is 0. The molecule has 13 rings (SSSR count). The zero-order chi connectivity index (χ0) is 65.2. The third kappa shape index (κ3) is 10.2. The van der Waals surface area contributed by atoms with Gasteiger partial charge in [-0.3, -0.25) is 0 Å². The average Bonchev–Trinajstić information content (AvgIpc) is 0.963. The molecule has 0 amide bonds. The Morgan fingerprint density at radius 2 is 0.867 bits per heavy atom. The SMILES string of the molecule is C=C(C)[C@@H]1CC[C@]2(CN)CC[C@]3(C)[C@H](CC[C@@H]4[C@@]5(C)CC=C(c6ccc(C(=O)OC(C)(C)C)cc6)C(C)(C)[C@@H]5CC[C@]43C)[C@@H]12.C=C(C)[C@@H]1CC[C@]2(CN3CC3)CC[C@]3(C)[C@H](CC[C@@H]4[C@@]5(C)CC=C(c6ccc(C(=O)OC(C)(C)C)cc6)C(C)(C)[C@@H]5CC[C@]43C)[C@@H]12. The first kappa shape index (κ1) is 66.3. The Morgan fingerprint density at radius 1 is 0.489 bits per heavy atom. The summed E-state index contributed by atoms with van der Waals surface area (Å²) in [5, 5.41) is 0. The zero-order valence-electron chi connectivity index (χ0n) is 60.2. The van der Waals surface area contributed by atoms with Gasteiger partial charge in [-0.25, -0.2) is 9.59 Å². The van der Waals surface area contributed by atoms with Crippen LogP contribution >= 0.6 is 0 Å². The van der Waals surface area contributed by atoms with Crippen molar-refractivity contribution in [3.63, 3.8) is 0 Å². The van der Waals surface area contributed by atoms with Crippen LogP contribution in [0.25, 0.3) is 11.1 Å². The molecule has 10 aliphatic carbocycles. The topological polar surface area (TPSA) is 81.6 Å². The lowest BCUT2D eigenvalue weighted by Crippen LogP contribution is -2.65. The van der Waals surface area contributed by atoms with Crippen molar-refractivity contribution in [2.45, 2.75) is 251 Å². The number of carbonyl (C=O) groups excluding carboxylic acids is 2. The quantitative estimate of drug-likeness (QED) is 0.153. The van der Waals surface area contributed by atoms with Gasteiger partial charge in [0.1, 0.15) is 11.2 Å². The van der Waals surface area contributed by atoms with Gasteiger partial charge in [0, 0.05) is 19.6 Å².